The van der Waals surface area contributed by atoms with Gasteiger partial charge in [-0.25, -0.2) is 9.13 Å². The van der Waals surface area contributed by atoms with E-state index >= 15 is 0 Å². The van der Waals surface area contributed by atoms with E-state index in [9.17, 15) is 19.8 Å². The normalized spacial score (nSPS) is 12.7. The van der Waals surface area contributed by atoms with Crippen molar-refractivity contribution in [2.75, 3.05) is 26.3 Å². The summed E-state index contributed by atoms with van der Waals surface area (Å²) in [7, 11) is 3.83. The summed E-state index contributed by atoms with van der Waals surface area (Å²) < 4.78 is 17.5. The van der Waals surface area contributed by atoms with Crippen LogP contribution in [0, 0.1) is 0 Å². The molecule has 2 amide bonds. The summed E-state index contributed by atoms with van der Waals surface area (Å²) in [4.78, 5) is 26.5. The van der Waals surface area contributed by atoms with Crippen LogP contribution < -0.4 is 77.2 Å². The molecule has 4 N–H and O–H groups in total. The maximum absolute atomic E-state index is 13.2. The van der Waals surface area contributed by atoms with E-state index in [0.29, 0.717) is 48.3 Å². The highest BCUT2D eigenvalue weighted by Gasteiger charge is 2.29. The Hall–Kier alpha value is -5.22. The Morgan fingerprint density at radius 3 is 0.905 bits per heavy atom. The van der Waals surface area contributed by atoms with Crippen LogP contribution in [0.1, 0.15) is 171 Å². The number of nitrogens with zero attached hydrogens (tertiary/aromatic N) is 2. The van der Waals surface area contributed by atoms with Crippen molar-refractivity contribution in [3.8, 4) is 23.0 Å². The summed E-state index contributed by atoms with van der Waals surface area (Å²) in [5.41, 5.74) is 11.1. The first-order chi connectivity index (χ1) is 33.6. The van der Waals surface area contributed by atoms with Crippen molar-refractivity contribution >= 4 is 11.8 Å². The summed E-state index contributed by atoms with van der Waals surface area (Å²) in [5, 5.41) is 31.5. The second-order valence-electron chi connectivity index (χ2n) is 24.0. The van der Waals surface area contributed by atoms with Crippen LogP contribution in [0.25, 0.3) is 0 Å². The summed E-state index contributed by atoms with van der Waals surface area (Å²) in [6, 6.07) is 24.5. The van der Waals surface area contributed by atoms with E-state index < -0.39 is 0 Å². The lowest BCUT2D eigenvalue weighted by molar-refractivity contribution is -0.671. The number of fused-ring (bicyclic) bond motifs is 8. The van der Waals surface area contributed by atoms with Gasteiger partial charge >= 0.3 is 0 Å². The van der Waals surface area contributed by atoms with Crippen LogP contribution in [-0.4, -0.2) is 48.3 Å². The highest BCUT2D eigenvalue weighted by molar-refractivity contribution is 5.94. The topological polar surface area (TPSA) is 125 Å². The van der Waals surface area contributed by atoms with Crippen LogP contribution in [0.15, 0.2) is 97.6 Å². The molecule has 0 fully saturated rings. The smallest absolute Gasteiger partial charge is 0.251 e. The number of rotatable bonds is 10. The van der Waals surface area contributed by atoms with Gasteiger partial charge in [0, 0.05) is 49.9 Å². The monoisotopic (exact) mass is 1230 g/mol. The van der Waals surface area contributed by atoms with E-state index in [1.807, 2.05) is 48.0 Å². The number of halogens is 2. The number of ether oxygens (including phenoxy) is 2. The molecular formula is C62H78I2N4O6. The van der Waals surface area contributed by atoms with Gasteiger partial charge in [0.25, 0.3) is 11.8 Å². The van der Waals surface area contributed by atoms with Gasteiger partial charge in [-0.05, 0) is 88.4 Å². The van der Waals surface area contributed by atoms with Crippen molar-refractivity contribution in [3.05, 3.63) is 175 Å². The highest BCUT2D eigenvalue weighted by Crippen LogP contribution is 2.44. The Kier molecular flexibility index (Phi) is 19.2. The number of aromatic nitrogens is 2. The largest absolute Gasteiger partial charge is 1.00 e. The minimum absolute atomic E-state index is 0. The Morgan fingerprint density at radius 2 is 0.676 bits per heavy atom. The zero-order valence-electron chi connectivity index (χ0n) is 46.1. The van der Waals surface area contributed by atoms with Crippen LogP contribution in [0.4, 0.5) is 0 Å². The average molecular weight is 1230 g/mol. The van der Waals surface area contributed by atoms with E-state index in [1.165, 1.54) is 0 Å². The van der Waals surface area contributed by atoms with Crippen molar-refractivity contribution in [2.45, 2.75) is 130 Å². The van der Waals surface area contributed by atoms with Crippen LogP contribution >= 0.6 is 0 Å². The van der Waals surface area contributed by atoms with E-state index in [4.69, 9.17) is 9.47 Å². The summed E-state index contributed by atoms with van der Waals surface area (Å²) in [6.07, 6.45) is 8.82. The van der Waals surface area contributed by atoms with Gasteiger partial charge in [-0.15, -0.1) is 0 Å². The number of amides is 2. The van der Waals surface area contributed by atoms with Crippen LogP contribution in [0.5, 0.6) is 23.0 Å². The third-order valence-electron chi connectivity index (χ3n) is 13.8. The van der Waals surface area contributed by atoms with Crippen LogP contribution in [0.3, 0.4) is 0 Å². The number of carbonyl (C=O) groups excluding carboxylic acids is 2. The van der Waals surface area contributed by atoms with Gasteiger partial charge in [0.1, 0.15) is 50.3 Å². The molecule has 74 heavy (non-hydrogen) atoms. The molecule has 0 radical (unpaired) electrons. The summed E-state index contributed by atoms with van der Waals surface area (Å²) in [6.45, 7) is 27.3. The Bertz CT molecular complexity index is 2680. The van der Waals surface area contributed by atoms with Crippen molar-refractivity contribution < 1.29 is 86.4 Å². The minimum atomic E-state index is -0.263. The van der Waals surface area contributed by atoms with Crippen molar-refractivity contribution in [3.63, 3.8) is 0 Å². The maximum atomic E-state index is 13.2. The molecule has 0 saturated heterocycles. The first-order valence-electron chi connectivity index (χ1n) is 25.4. The average Bonchev–Trinajstić information content (AvgIpc) is 3.28. The number of phenols is 2. The fourth-order valence-electron chi connectivity index (χ4n) is 9.16. The Morgan fingerprint density at radius 1 is 0.446 bits per heavy atom. The first kappa shape index (κ1) is 59.7. The van der Waals surface area contributed by atoms with Gasteiger partial charge in [0.15, 0.2) is 24.8 Å². The number of hydrogen-bond acceptors (Lipinski definition) is 6. The second kappa shape index (κ2) is 23.8. The zero-order valence-corrected chi connectivity index (χ0v) is 50.4. The van der Waals surface area contributed by atoms with Gasteiger partial charge in [-0.3, -0.25) is 9.59 Å². The molecule has 1 aliphatic carbocycles. The van der Waals surface area contributed by atoms with Crippen molar-refractivity contribution in [1.82, 2.24) is 10.6 Å². The number of aryl methyl sites for hydroxylation is 2. The van der Waals surface area contributed by atoms with Gasteiger partial charge in [0.2, 0.25) is 0 Å². The van der Waals surface area contributed by atoms with Crippen LogP contribution in [0.2, 0.25) is 0 Å². The number of hydrogen-bond donors (Lipinski definition) is 4. The molecule has 2 aromatic heterocycles. The minimum Gasteiger partial charge on any atom is -1.00 e. The lowest BCUT2D eigenvalue weighted by atomic mass is 9.79. The molecule has 0 atom stereocenters. The number of nitrogens with one attached hydrogen (secondary N) is 2. The summed E-state index contributed by atoms with van der Waals surface area (Å²) in [5.74, 6) is 1.39. The van der Waals surface area contributed by atoms with Crippen LogP contribution in [-0.2, 0) is 61.4 Å². The predicted octanol–water partition coefficient (Wildman–Crippen LogP) is 4.24. The third kappa shape index (κ3) is 14.6. The third-order valence-corrected chi connectivity index (χ3v) is 13.8. The van der Waals surface area contributed by atoms with Gasteiger partial charge in [-0.1, -0.05) is 132 Å². The first-order valence-corrected chi connectivity index (χ1v) is 25.4. The highest BCUT2D eigenvalue weighted by atomic mass is 127. The second-order valence-corrected chi connectivity index (χ2v) is 24.0. The number of aromatic hydroxyl groups is 2. The Balaban J connectivity index is 0.00000507. The van der Waals surface area contributed by atoms with Gasteiger partial charge in [0.05, 0.1) is 24.2 Å². The van der Waals surface area contributed by atoms with E-state index in [0.717, 1.165) is 66.8 Å². The number of benzene rings is 4. The Labute approximate surface area is 474 Å². The molecule has 0 spiro atoms. The summed E-state index contributed by atoms with van der Waals surface area (Å²) >= 11 is 0. The van der Waals surface area contributed by atoms with Gasteiger partial charge in [-0.2, -0.15) is 0 Å². The molecule has 1 aliphatic rings. The predicted molar refractivity (Wildman–Crippen MR) is 286 cm³/mol. The fourth-order valence-corrected chi connectivity index (χ4v) is 9.16. The molecule has 12 heteroatoms. The quantitative estimate of drug-likeness (QED) is 0.0925. The molecule has 4 aromatic carbocycles. The van der Waals surface area contributed by atoms with Crippen molar-refractivity contribution in [2.24, 2.45) is 14.1 Å². The molecule has 0 unspecified atom stereocenters. The molecule has 0 saturated carbocycles. The fraction of sp³-hybridized carbons (Fsp3) is 0.419. The molecule has 6 aromatic rings. The number of carbonyl (C=O) groups is 2. The maximum Gasteiger partial charge on any atom is 0.251 e. The molecule has 396 valence electrons. The van der Waals surface area contributed by atoms with Gasteiger partial charge < -0.3 is 78.3 Å². The molecule has 8 bridgehead atoms. The molecular weight excluding hydrogens is 1150 g/mol. The lowest BCUT2D eigenvalue weighted by Crippen LogP contribution is -3.00. The zero-order chi connectivity index (χ0) is 52.5. The van der Waals surface area contributed by atoms with E-state index in [-0.39, 0.29) is 119 Å². The standard InChI is InChI=1S/C62H76N4O6.2HI/c1-59(2,3)49-31-41-27-45-35-51(61(7,8)9)37-47(55(45)71-25-19-63-57(69)39-15-21-65(13)22-16-39)29-43-33-50(60(4,5)6)34-44(54(43)68)30-48-38-52(62(10,11)12)36-46(28-42(32-49)53(41)67)56(48)72-26-20-64-58(70)40-17-23-66(14)24-18-40;;/h15-18,21-24,31-38H,19-20,25-30H2,1-14H3,(H2-2,63,64,67,68,69,70);2*1H. The SMILES string of the molecule is C[n+]1ccc(C(=O)NCCOc2c3cc(C(C)(C)C)cc2Cc2cc(C(C)(C)C)cc(c2O)Cc2cc(C(C)(C)C)cc(c2OCCNC(=O)c2cc[n+](C)cc2)Cc2cc(C(C)(C)C)cc(c2O)C3)cc1.[I-].[I-]. The number of pyridine rings is 2. The van der Waals surface area contributed by atoms with Crippen molar-refractivity contribution in [1.29, 1.82) is 0 Å². The molecule has 0 aliphatic heterocycles. The molecule has 2 heterocycles. The van der Waals surface area contributed by atoms with E-state index in [1.54, 1.807) is 24.3 Å². The molecule has 7 rings (SSSR count). The lowest BCUT2D eigenvalue weighted by Gasteiger charge is -2.28. The van der Waals surface area contributed by atoms with E-state index in [2.05, 4.69) is 142 Å². The molecule has 10 nitrogen and oxygen atoms in total. The number of phenolic OH excluding ortho intramolecular Hbond substituents is 2.